The van der Waals surface area contributed by atoms with Crippen LogP contribution in [-0.4, -0.2) is 6.61 Å². The summed E-state index contributed by atoms with van der Waals surface area (Å²) in [5, 5.41) is 4.22. The molecule has 0 saturated heterocycles. The summed E-state index contributed by atoms with van der Waals surface area (Å²) in [5.41, 5.74) is 3.29. The molecule has 0 saturated carbocycles. The standard InChI is InChI=1S/C18H22ClNO/c1-3-4-12-21-18-11-6-5-8-15(18)13-20-17-10-7-9-16(19)14(17)2/h5-11,20H,3-4,12-13H2,1-2H3. The second-order valence-electron chi connectivity index (χ2n) is 5.08. The molecular formula is C18H22ClNO. The third kappa shape index (κ3) is 4.40. The van der Waals surface area contributed by atoms with Gasteiger partial charge in [0.2, 0.25) is 0 Å². The van der Waals surface area contributed by atoms with Crippen LogP contribution in [0.15, 0.2) is 42.5 Å². The van der Waals surface area contributed by atoms with Crippen molar-refractivity contribution in [1.82, 2.24) is 0 Å². The lowest BCUT2D eigenvalue weighted by Crippen LogP contribution is -2.05. The van der Waals surface area contributed by atoms with E-state index >= 15 is 0 Å². The van der Waals surface area contributed by atoms with E-state index in [0.717, 1.165) is 53.6 Å². The predicted molar refractivity (Wildman–Crippen MR) is 90.4 cm³/mol. The lowest BCUT2D eigenvalue weighted by molar-refractivity contribution is 0.306. The van der Waals surface area contributed by atoms with Gasteiger partial charge in [0.25, 0.3) is 0 Å². The molecule has 0 atom stereocenters. The molecule has 21 heavy (non-hydrogen) atoms. The molecule has 0 spiro atoms. The van der Waals surface area contributed by atoms with E-state index in [-0.39, 0.29) is 0 Å². The zero-order chi connectivity index (χ0) is 15.1. The summed E-state index contributed by atoms with van der Waals surface area (Å²) < 4.78 is 5.85. The molecule has 0 aliphatic carbocycles. The number of unbranched alkanes of at least 4 members (excludes halogenated alkanes) is 1. The van der Waals surface area contributed by atoms with Crippen LogP contribution in [0.5, 0.6) is 5.75 Å². The molecule has 0 amide bonds. The molecule has 2 aromatic carbocycles. The van der Waals surface area contributed by atoms with Gasteiger partial charge < -0.3 is 10.1 Å². The van der Waals surface area contributed by atoms with Gasteiger partial charge in [0.15, 0.2) is 0 Å². The Hall–Kier alpha value is -1.67. The summed E-state index contributed by atoms with van der Waals surface area (Å²) in [6.07, 6.45) is 2.22. The molecule has 112 valence electrons. The van der Waals surface area contributed by atoms with Crippen LogP contribution in [0, 0.1) is 6.92 Å². The van der Waals surface area contributed by atoms with Crippen molar-refractivity contribution in [3.63, 3.8) is 0 Å². The number of hydrogen-bond donors (Lipinski definition) is 1. The maximum Gasteiger partial charge on any atom is 0.124 e. The highest BCUT2D eigenvalue weighted by molar-refractivity contribution is 6.31. The molecule has 0 unspecified atom stereocenters. The van der Waals surface area contributed by atoms with Crippen molar-refractivity contribution >= 4 is 17.3 Å². The third-order valence-corrected chi connectivity index (χ3v) is 3.87. The summed E-state index contributed by atoms with van der Waals surface area (Å²) >= 11 is 6.15. The monoisotopic (exact) mass is 303 g/mol. The number of anilines is 1. The number of halogens is 1. The highest BCUT2D eigenvalue weighted by Crippen LogP contribution is 2.25. The van der Waals surface area contributed by atoms with E-state index in [1.165, 1.54) is 0 Å². The van der Waals surface area contributed by atoms with Crippen molar-refractivity contribution in [3.05, 3.63) is 58.6 Å². The first-order chi connectivity index (χ1) is 10.2. The molecule has 3 heteroatoms. The molecule has 0 heterocycles. The largest absolute Gasteiger partial charge is 0.493 e. The minimum absolute atomic E-state index is 0.726. The summed E-state index contributed by atoms with van der Waals surface area (Å²) in [7, 11) is 0. The van der Waals surface area contributed by atoms with Gasteiger partial charge in [-0.15, -0.1) is 0 Å². The number of ether oxygens (including phenoxy) is 1. The Bertz CT molecular complexity index is 583. The maximum absolute atomic E-state index is 6.15. The van der Waals surface area contributed by atoms with Gasteiger partial charge in [-0.2, -0.15) is 0 Å². The van der Waals surface area contributed by atoms with Gasteiger partial charge in [-0.3, -0.25) is 0 Å². The number of para-hydroxylation sites is 1. The van der Waals surface area contributed by atoms with Crippen molar-refractivity contribution < 1.29 is 4.74 Å². The average molecular weight is 304 g/mol. The Morgan fingerprint density at radius 2 is 1.90 bits per heavy atom. The topological polar surface area (TPSA) is 21.3 Å². The van der Waals surface area contributed by atoms with Crippen molar-refractivity contribution in [2.24, 2.45) is 0 Å². The highest BCUT2D eigenvalue weighted by Gasteiger charge is 2.05. The lowest BCUT2D eigenvalue weighted by Gasteiger charge is -2.14. The fraction of sp³-hybridized carbons (Fsp3) is 0.333. The second kappa shape index (κ2) is 7.94. The van der Waals surface area contributed by atoms with E-state index in [4.69, 9.17) is 16.3 Å². The van der Waals surface area contributed by atoms with E-state index < -0.39 is 0 Å². The van der Waals surface area contributed by atoms with E-state index in [1.54, 1.807) is 0 Å². The smallest absolute Gasteiger partial charge is 0.124 e. The molecular weight excluding hydrogens is 282 g/mol. The summed E-state index contributed by atoms with van der Waals surface area (Å²) in [5.74, 6) is 0.957. The Kier molecular flexibility index (Phi) is 5.94. The van der Waals surface area contributed by atoms with Crippen LogP contribution in [0.25, 0.3) is 0 Å². The number of nitrogens with one attached hydrogen (secondary N) is 1. The molecule has 0 fully saturated rings. The SMILES string of the molecule is CCCCOc1ccccc1CNc1cccc(Cl)c1C. The van der Waals surface area contributed by atoms with Crippen LogP contribution in [-0.2, 0) is 6.54 Å². The van der Waals surface area contributed by atoms with Crippen molar-refractivity contribution in [2.75, 3.05) is 11.9 Å². The number of rotatable bonds is 7. The molecule has 2 aromatic rings. The maximum atomic E-state index is 6.15. The summed E-state index contributed by atoms with van der Waals surface area (Å²) in [4.78, 5) is 0. The fourth-order valence-electron chi connectivity index (χ4n) is 2.11. The van der Waals surface area contributed by atoms with Gasteiger partial charge in [0.05, 0.1) is 6.61 Å². The first-order valence-corrected chi connectivity index (χ1v) is 7.80. The molecule has 0 bridgehead atoms. The normalized spacial score (nSPS) is 10.4. The number of benzene rings is 2. The zero-order valence-electron chi connectivity index (χ0n) is 12.7. The van der Waals surface area contributed by atoms with Crippen molar-refractivity contribution in [3.8, 4) is 5.75 Å². The first-order valence-electron chi connectivity index (χ1n) is 7.42. The Labute approximate surface area is 132 Å². The van der Waals surface area contributed by atoms with Crippen LogP contribution in [0.3, 0.4) is 0 Å². The summed E-state index contributed by atoms with van der Waals surface area (Å²) in [6, 6.07) is 14.1. The van der Waals surface area contributed by atoms with Crippen LogP contribution >= 0.6 is 11.6 Å². The van der Waals surface area contributed by atoms with Gasteiger partial charge in [0.1, 0.15) is 5.75 Å². The van der Waals surface area contributed by atoms with Crippen LogP contribution in [0.4, 0.5) is 5.69 Å². The number of hydrogen-bond acceptors (Lipinski definition) is 2. The van der Waals surface area contributed by atoms with Crippen LogP contribution in [0.1, 0.15) is 30.9 Å². The summed E-state index contributed by atoms with van der Waals surface area (Å²) in [6.45, 7) is 5.68. The van der Waals surface area contributed by atoms with Gasteiger partial charge in [0, 0.05) is 22.8 Å². The average Bonchev–Trinajstić information content (AvgIpc) is 2.50. The Morgan fingerprint density at radius 3 is 2.71 bits per heavy atom. The minimum Gasteiger partial charge on any atom is -0.493 e. The lowest BCUT2D eigenvalue weighted by atomic mass is 10.1. The Morgan fingerprint density at radius 1 is 1.10 bits per heavy atom. The predicted octanol–water partition coefficient (Wildman–Crippen LogP) is 5.44. The fourth-order valence-corrected chi connectivity index (χ4v) is 2.28. The molecule has 2 nitrogen and oxygen atoms in total. The van der Waals surface area contributed by atoms with Gasteiger partial charge in [-0.1, -0.05) is 49.2 Å². The van der Waals surface area contributed by atoms with E-state index in [0.29, 0.717) is 0 Å². The molecule has 0 aliphatic heterocycles. The van der Waals surface area contributed by atoms with E-state index in [9.17, 15) is 0 Å². The quantitative estimate of drug-likeness (QED) is 0.688. The van der Waals surface area contributed by atoms with Gasteiger partial charge in [-0.25, -0.2) is 0 Å². The zero-order valence-corrected chi connectivity index (χ0v) is 13.4. The molecule has 1 N–H and O–H groups in total. The molecule has 0 aliphatic rings. The van der Waals surface area contributed by atoms with E-state index in [1.807, 2.05) is 43.3 Å². The Balaban J connectivity index is 2.04. The van der Waals surface area contributed by atoms with Crippen molar-refractivity contribution in [1.29, 1.82) is 0 Å². The van der Waals surface area contributed by atoms with Gasteiger partial charge in [-0.05, 0) is 37.1 Å². The molecule has 0 radical (unpaired) electrons. The first kappa shape index (κ1) is 15.7. The minimum atomic E-state index is 0.726. The van der Waals surface area contributed by atoms with Gasteiger partial charge >= 0.3 is 0 Å². The highest BCUT2D eigenvalue weighted by atomic mass is 35.5. The van der Waals surface area contributed by atoms with Crippen LogP contribution < -0.4 is 10.1 Å². The van der Waals surface area contributed by atoms with E-state index in [2.05, 4.69) is 18.3 Å². The second-order valence-corrected chi connectivity index (χ2v) is 5.48. The molecule has 0 aromatic heterocycles. The van der Waals surface area contributed by atoms with Crippen molar-refractivity contribution in [2.45, 2.75) is 33.2 Å². The van der Waals surface area contributed by atoms with Crippen LogP contribution in [0.2, 0.25) is 5.02 Å². The third-order valence-electron chi connectivity index (χ3n) is 3.47. The molecule has 2 rings (SSSR count).